The predicted octanol–water partition coefficient (Wildman–Crippen LogP) is 3.48. The van der Waals surface area contributed by atoms with Gasteiger partial charge in [-0.3, -0.25) is 4.57 Å². The molecule has 2 aromatic heterocycles. The summed E-state index contributed by atoms with van der Waals surface area (Å²) in [5.74, 6) is 0.477. The highest BCUT2D eigenvalue weighted by Crippen LogP contribution is 2.28. The van der Waals surface area contributed by atoms with Crippen LogP contribution in [0.3, 0.4) is 0 Å². The van der Waals surface area contributed by atoms with E-state index < -0.39 is 0 Å². The standard InChI is InChI=1S/C15H13ClN4/c1-10-2-3-13(12(16)6-10)20-9-18-8-14(20)11-4-5-19-15(17)7-11/h2-9H,1H3,(H2,17,19). The van der Waals surface area contributed by atoms with Gasteiger partial charge in [0, 0.05) is 11.8 Å². The highest BCUT2D eigenvalue weighted by atomic mass is 35.5. The van der Waals surface area contributed by atoms with Crippen molar-refractivity contribution in [1.82, 2.24) is 14.5 Å². The minimum absolute atomic E-state index is 0.477. The van der Waals surface area contributed by atoms with E-state index in [2.05, 4.69) is 9.97 Å². The third-order valence-corrected chi connectivity index (χ3v) is 3.38. The Morgan fingerprint density at radius 3 is 2.80 bits per heavy atom. The zero-order valence-electron chi connectivity index (χ0n) is 10.9. The van der Waals surface area contributed by atoms with E-state index in [1.165, 1.54) is 0 Å². The molecular formula is C15H13ClN4. The monoisotopic (exact) mass is 284 g/mol. The predicted molar refractivity (Wildman–Crippen MR) is 81.0 cm³/mol. The first-order valence-corrected chi connectivity index (χ1v) is 6.54. The highest BCUT2D eigenvalue weighted by Gasteiger charge is 2.10. The van der Waals surface area contributed by atoms with Gasteiger partial charge in [0.15, 0.2) is 0 Å². The molecule has 0 aliphatic carbocycles. The Balaban J connectivity index is 2.15. The molecule has 20 heavy (non-hydrogen) atoms. The molecule has 3 aromatic rings. The number of benzene rings is 1. The van der Waals surface area contributed by atoms with Crippen molar-refractivity contribution in [1.29, 1.82) is 0 Å². The van der Waals surface area contributed by atoms with Gasteiger partial charge in [0.1, 0.15) is 5.82 Å². The van der Waals surface area contributed by atoms with Gasteiger partial charge in [-0.2, -0.15) is 0 Å². The number of aromatic nitrogens is 3. The third-order valence-electron chi connectivity index (χ3n) is 3.08. The van der Waals surface area contributed by atoms with E-state index in [4.69, 9.17) is 17.3 Å². The molecule has 2 heterocycles. The van der Waals surface area contributed by atoms with Gasteiger partial charge in [0.25, 0.3) is 0 Å². The molecule has 0 fully saturated rings. The van der Waals surface area contributed by atoms with Crippen LogP contribution >= 0.6 is 11.6 Å². The number of nitrogens with two attached hydrogens (primary N) is 1. The Morgan fingerprint density at radius 2 is 2.05 bits per heavy atom. The zero-order valence-corrected chi connectivity index (χ0v) is 11.7. The Labute approximate surface area is 121 Å². The van der Waals surface area contributed by atoms with Crippen molar-refractivity contribution in [3.63, 3.8) is 0 Å². The third kappa shape index (κ3) is 2.26. The fourth-order valence-electron chi connectivity index (χ4n) is 2.12. The molecule has 0 aliphatic rings. The van der Waals surface area contributed by atoms with Crippen molar-refractivity contribution in [3.8, 4) is 16.9 Å². The molecule has 0 amide bonds. The number of anilines is 1. The summed E-state index contributed by atoms with van der Waals surface area (Å²) in [7, 11) is 0. The molecule has 100 valence electrons. The van der Waals surface area contributed by atoms with Crippen LogP contribution in [0.25, 0.3) is 16.9 Å². The molecule has 2 N–H and O–H groups in total. The second-order valence-electron chi connectivity index (χ2n) is 4.57. The summed E-state index contributed by atoms with van der Waals surface area (Å²) in [5, 5.41) is 0.686. The lowest BCUT2D eigenvalue weighted by molar-refractivity contribution is 1.06. The van der Waals surface area contributed by atoms with Gasteiger partial charge in [0.05, 0.1) is 28.9 Å². The number of nitrogen functional groups attached to an aromatic ring is 1. The van der Waals surface area contributed by atoms with E-state index in [0.29, 0.717) is 10.8 Å². The van der Waals surface area contributed by atoms with E-state index >= 15 is 0 Å². The Kier molecular flexibility index (Phi) is 3.16. The van der Waals surface area contributed by atoms with Crippen molar-refractivity contribution < 1.29 is 0 Å². The van der Waals surface area contributed by atoms with Gasteiger partial charge in [-0.05, 0) is 36.8 Å². The van der Waals surface area contributed by atoms with Crippen LogP contribution in [0.15, 0.2) is 49.1 Å². The van der Waals surface area contributed by atoms with Crippen LogP contribution in [-0.2, 0) is 0 Å². The lowest BCUT2D eigenvalue weighted by Crippen LogP contribution is -1.97. The summed E-state index contributed by atoms with van der Waals surface area (Å²) in [6, 6.07) is 9.64. The number of hydrogen-bond donors (Lipinski definition) is 1. The normalized spacial score (nSPS) is 10.7. The van der Waals surface area contributed by atoms with Gasteiger partial charge in [-0.1, -0.05) is 17.7 Å². The molecule has 0 aliphatic heterocycles. The summed E-state index contributed by atoms with van der Waals surface area (Å²) >= 11 is 6.33. The molecule has 0 saturated heterocycles. The number of aryl methyl sites for hydroxylation is 1. The summed E-state index contributed by atoms with van der Waals surface area (Å²) in [5.41, 5.74) is 9.62. The number of halogens is 1. The molecule has 0 bridgehead atoms. The van der Waals surface area contributed by atoms with Crippen LogP contribution in [0.5, 0.6) is 0 Å². The van der Waals surface area contributed by atoms with Crippen molar-refractivity contribution in [2.45, 2.75) is 6.92 Å². The van der Waals surface area contributed by atoms with Crippen molar-refractivity contribution in [3.05, 3.63) is 59.6 Å². The topological polar surface area (TPSA) is 56.7 Å². The first-order valence-electron chi connectivity index (χ1n) is 6.16. The average Bonchev–Trinajstić information content (AvgIpc) is 2.87. The Bertz CT molecular complexity index is 764. The summed E-state index contributed by atoms with van der Waals surface area (Å²) in [6.07, 6.45) is 5.20. The second kappa shape index (κ2) is 4.98. The van der Waals surface area contributed by atoms with Crippen molar-refractivity contribution >= 4 is 17.4 Å². The van der Waals surface area contributed by atoms with Crippen LogP contribution < -0.4 is 5.73 Å². The van der Waals surface area contributed by atoms with Crippen molar-refractivity contribution in [2.75, 3.05) is 5.73 Å². The van der Waals surface area contributed by atoms with E-state index in [9.17, 15) is 0 Å². The summed E-state index contributed by atoms with van der Waals surface area (Å²) in [6.45, 7) is 2.01. The molecule has 0 saturated carbocycles. The molecular weight excluding hydrogens is 272 g/mol. The van der Waals surface area contributed by atoms with Crippen LogP contribution in [0.4, 0.5) is 5.82 Å². The number of pyridine rings is 1. The first kappa shape index (κ1) is 12.7. The fourth-order valence-corrected chi connectivity index (χ4v) is 2.44. The molecule has 0 atom stereocenters. The van der Waals surface area contributed by atoms with E-state index in [-0.39, 0.29) is 0 Å². The number of hydrogen-bond acceptors (Lipinski definition) is 3. The minimum atomic E-state index is 0.477. The fraction of sp³-hybridized carbons (Fsp3) is 0.0667. The van der Waals surface area contributed by atoms with E-state index in [1.807, 2.05) is 41.8 Å². The molecule has 0 radical (unpaired) electrons. The Morgan fingerprint density at radius 1 is 1.20 bits per heavy atom. The molecule has 4 nitrogen and oxygen atoms in total. The van der Waals surface area contributed by atoms with Crippen LogP contribution in [0.1, 0.15) is 5.56 Å². The van der Waals surface area contributed by atoms with Crippen LogP contribution in [0, 0.1) is 6.92 Å². The highest BCUT2D eigenvalue weighted by molar-refractivity contribution is 6.32. The minimum Gasteiger partial charge on any atom is -0.384 e. The van der Waals surface area contributed by atoms with E-state index in [1.54, 1.807) is 18.7 Å². The SMILES string of the molecule is Cc1ccc(-n2cncc2-c2ccnc(N)c2)c(Cl)c1. The lowest BCUT2D eigenvalue weighted by atomic mass is 10.2. The molecule has 0 spiro atoms. The number of imidazole rings is 1. The average molecular weight is 285 g/mol. The number of rotatable bonds is 2. The van der Waals surface area contributed by atoms with Crippen LogP contribution in [0.2, 0.25) is 5.02 Å². The maximum Gasteiger partial charge on any atom is 0.123 e. The first-order chi connectivity index (χ1) is 9.65. The van der Waals surface area contributed by atoms with Gasteiger partial charge < -0.3 is 5.73 Å². The zero-order chi connectivity index (χ0) is 14.1. The van der Waals surface area contributed by atoms with Crippen LogP contribution in [-0.4, -0.2) is 14.5 Å². The summed E-state index contributed by atoms with van der Waals surface area (Å²) in [4.78, 5) is 8.21. The van der Waals surface area contributed by atoms with E-state index in [0.717, 1.165) is 22.5 Å². The summed E-state index contributed by atoms with van der Waals surface area (Å²) < 4.78 is 1.94. The van der Waals surface area contributed by atoms with Gasteiger partial charge in [-0.15, -0.1) is 0 Å². The Hall–Kier alpha value is -2.33. The maximum absolute atomic E-state index is 6.33. The quantitative estimate of drug-likeness (QED) is 0.784. The smallest absolute Gasteiger partial charge is 0.123 e. The maximum atomic E-state index is 6.33. The largest absolute Gasteiger partial charge is 0.384 e. The molecule has 1 aromatic carbocycles. The van der Waals surface area contributed by atoms with Gasteiger partial charge in [-0.25, -0.2) is 9.97 Å². The molecule has 3 rings (SSSR count). The second-order valence-corrected chi connectivity index (χ2v) is 4.98. The number of nitrogens with zero attached hydrogens (tertiary/aromatic N) is 3. The molecule has 5 heteroatoms. The van der Waals surface area contributed by atoms with Gasteiger partial charge in [0.2, 0.25) is 0 Å². The molecule has 0 unspecified atom stereocenters. The van der Waals surface area contributed by atoms with Crippen molar-refractivity contribution in [2.24, 2.45) is 0 Å². The van der Waals surface area contributed by atoms with Gasteiger partial charge >= 0.3 is 0 Å². The lowest BCUT2D eigenvalue weighted by Gasteiger charge is -2.11.